The Balaban J connectivity index is 2.52. The predicted octanol–water partition coefficient (Wildman–Crippen LogP) is 2.24. The summed E-state index contributed by atoms with van der Waals surface area (Å²) in [5.74, 6) is 0. The molecule has 1 aromatic rings. The number of thiocarbonyl (C=S) groups is 1. The van der Waals surface area contributed by atoms with Gasteiger partial charge in [-0.1, -0.05) is 24.4 Å². The number of nitrogens with zero attached hydrogens (tertiary/aromatic N) is 1. The van der Waals surface area contributed by atoms with Gasteiger partial charge in [0.15, 0.2) is 0 Å². The summed E-state index contributed by atoms with van der Waals surface area (Å²) in [6, 6.07) is 6.10. The third-order valence-corrected chi connectivity index (χ3v) is 3.64. The molecule has 3 nitrogen and oxygen atoms in total. The average Bonchev–Trinajstić information content (AvgIpc) is 2.29. The minimum atomic E-state index is -0.0378. The molecule has 1 fully saturated rings. The molecule has 0 spiro atoms. The van der Waals surface area contributed by atoms with Crippen molar-refractivity contribution in [2.24, 2.45) is 5.73 Å². The second-order valence-corrected chi connectivity index (χ2v) is 5.79. The second kappa shape index (κ2) is 4.86. The smallest absolute Gasteiger partial charge is 0.106 e. The van der Waals surface area contributed by atoms with E-state index in [4.69, 9.17) is 22.7 Å². The Morgan fingerprint density at radius 2 is 2.17 bits per heavy atom. The number of rotatable bonds is 2. The van der Waals surface area contributed by atoms with Crippen molar-refractivity contribution in [3.63, 3.8) is 0 Å². The molecule has 2 N–H and O–H groups in total. The van der Waals surface area contributed by atoms with Crippen LogP contribution < -0.4 is 10.6 Å². The number of aryl methyl sites for hydroxylation is 1. The minimum absolute atomic E-state index is 0.0378. The van der Waals surface area contributed by atoms with E-state index in [2.05, 4.69) is 31.7 Å². The van der Waals surface area contributed by atoms with Gasteiger partial charge in [-0.15, -0.1) is 0 Å². The van der Waals surface area contributed by atoms with Gasteiger partial charge >= 0.3 is 0 Å². The van der Waals surface area contributed by atoms with Crippen LogP contribution in [-0.2, 0) is 4.74 Å². The maximum absolute atomic E-state index is 5.85. The topological polar surface area (TPSA) is 38.5 Å². The number of hydrogen-bond acceptors (Lipinski definition) is 3. The fraction of sp³-hybridized carbons (Fsp3) is 0.500. The highest BCUT2D eigenvalue weighted by molar-refractivity contribution is 7.80. The molecule has 0 amide bonds. The Morgan fingerprint density at radius 1 is 1.44 bits per heavy atom. The zero-order valence-electron chi connectivity index (χ0n) is 11.2. The number of ether oxygens (including phenoxy) is 1. The number of para-hydroxylation sites is 1. The van der Waals surface area contributed by atoms with Gasteiger partial charge in [0.2, 0.25) is 0 Å². The van der Waals surface area contributed by atoms with Crippen LogP contribution >= 0.6 is 12.2 Å². The summed E-state index contributed by atoms with van der Waals surface area (Å²) in [5, 5.41) is 0. The number of hydrogen-bond donors (Lipinski definition) is 1. The van der Waals surface area contributed by atoms with Gasteiger partial charge in [-0.2, -0.15) is 0 Å². The van der Waals surface area contributed by atoms with Gasteiger partial charge in [0, 0.05) is 12.1 Å². The molecule has 0 unspecified atom stereocenters. The van der Waals surface area contributed by atoms with Gasteiger partial charge in [-0.3, -0.25) is 0 Å². The van der Waals surface area contributed by atoms with Crippen LogP contribution in [0.4, 0.5) is 5.69 Å². The Kier molecular flexibility index (Phi) is 3.59. The lowest BCUT2D eigenvalue weighted by Gasteiger charge is -2.45. The second-order valence-electron chi connectivity index (χ2n) is 5.35. The third-order valence-electron chi connectivity index (χ3n) is 3.42. The molecule has 0 bridgehead atoms. The Bertz CT molecular complexity index is 471. The Morgan fingerprint density at radius 3 is 2.78 bits per heavy atom. The normalized spacial score (nSPS) is 18.7. The van der Waals surface area contributed by atoms with Gasteiger partial charge in [0.05, 0.1) is 24.4 Å². The van der Waals surface area contributed by atoms with Crippen molar-refractivity contribution >= 4 is 22.9 Å². The molecule has 18 heavy (non-hydrogen) atoms. The Labute approximate surface area is 114 Å². The summed E-state index contributed by atoms with van der Waals surface area (Å²) in [5.41, 5.74) is 9.13. The molecule has 98 valence electrons. The lowest BCUT2D eigenvalue weighted by Crippen LogP contribution is -2.54. The molecule has 1 saturated heterocycles. The summed E-state index contributed by atoms with van der Waals surface area (Å²) in [6.07, 6.45) is 0. The summed E-state index contributed by atoms with van der Waals surface area (Å²) in [6.45, 7) is 8.80. The third kappa shape index (κ3) is 2.35. The van der Waals surface area contributed by atoms with Crippen LogP contribution in [-0.4, -0.2) is 30.3 Å². The van der Waals surface area contributed by atoms with Gasteiger partial charge in [0.25, 0.3) is 0 Å². The van der Waals surface area contributed by atoms with E-state index in [0.717, 1.165) is 31.0 Å². The number of morpholine rings is 1. The van der Waals surface area contributed by atoms with Crippen LogP contribution in [0.2, 0.25) is 0 Å². The molecule has 1 aromatic carbocycles. The Hall–Kier alpha value is -1.13. The minimum Gasteiger partial charge on any atom is -0.389 e. The summed E-state index contributed by atoms with van der Waals surface area (Å²) < 4.78 is 5.57. The van der Waals surface area contributed by atoms with Crippen molar-refractivity contribution in [2.45, 2.75) is 26.3 Å². The largest absolute Gasteiger partial charge is 0.389 e. The van der Waals surface area contributed by atoms with E-state index in [1.807, 2.05) is 12.1 Å². The van der Waals surface area contributed by atoms with Crippen molar-refractivity contribution in [2.75, 3.05) is 24.7 Å². The SMILES string of the molecule is Cc1cccc(C(N)=S)c1N1CCOCC1(C)C. The van der Waals surface area contributed by atoms with Gasteiger partial charge < -0.3 is 15.4 Å². The molecule has 1 aliphatic heterocycles. The van der Waals surface area contributed by atoms with Crippen LogP contribution in [0.1, 0.15) is 25.0 Å². The standard InChI is InChI=1S/C14H20N2OS/c1-10-5-4-6-11(13(15)18)12(10)16-7-8-17-9-14(16,2)3/h4-6H,7-9H2,1-3H3,(H2,15,18). The van der Waals surface area contributed by atoms with E-state index >= 15 is 0 Å². The summed E-state index contributed by atoms with van der Waals surface area (Å²) >= 11 is 5.17. The van der Waals surface area contributed by atoms with Crippen molar-refractivity contribution < 1.29 is 4.74 Å². The zero-order chi connectivity index (χ0) is 13.3. The number of nitrogens with two attached hydrogens (primary N) is 1. The molecule has 0 aliphatic carbocycles. The van der Waals surface area contributed by atoms with Crippen LogP contribution in [0.25, 0.3) is 0 Å². The van der Waals surface area contributed by atoms with Crippen molar-refractivity contribution in [3.05, 3.63) is 29.3 Å². The fourth-order valence-corrected chi connectivity index (χ4v) is 2.65. The lowest BCUT2D eigenvalue weighted by molar-refractivity contribution is 0.0643. The van der Waals surface area contributed by atoms with Crippen molar-refractivity contribution in [3.8, 4) is 0 Å². The van der Waals surface area contributed by atoms with Gasteiger partial charge in [-0.25, -0.2) is 0 Å². The van der Waals surface area contributed by atoms with E-state index in [1.54, 1.807) is 0 Å². The van der Waals surface area contributed by atoms with Crippen molar-refractivity contribution in [1.82, 2.24) is 0 Å². The molecular weight excluding hydrogens is 244 g/mol. The molecule has 0 saturated carbocycles. The lowest BCUT2D eigenvalue weighted by atomic mass is 9.97. The first-order valence-corrected chi connectivity index (χ1v) is 6.59. The molecule has 0 atom stereocenters. The van der Waals surface area contributed by atoms with Crippen molar-refractivity contribution in [1.29, 1.82) is 0 Å². The first kappa shape index (κ1) is 13.3. The predicted molar refractivity (Wildman–Crippen MR) is 79.3 cm³/mol. The van der Waals surface area contributed by atoms with Crippen LogP contribution in [0.5, 0.6) is 0 Å². The average molecular weight is 264 g/mol. The molecule has 4 heteroatoms. The van der Waals surface area contributed by atoms with Gasteiger partial charge in [-0.05, 0) is 32.4 Å². The number of anilines is 1. The molecule has 0 aromatic heterocycles. The quantitative estimate of drug-likeness (QED) is 0.832. The maximum atomic E-state index is 5.85. The summed E-state index contributed by atoms with van der Waals surface area (Å²) in [7, 11) is 0. The van der Waals surface area contributed by atoms with Crippen LogP contribution in [0.3, 0.4) is 0 Å². The summed E-state index contributed by atoms with van der Waals surface area (Å²) in [4.78, 5) is 2.82. The van der Waals surface area contributed by atoms with E-state index in [9.17, 15) is 0 Å². The molecular formula is C14H20N2OS. The first-order chi connectivity index (χ1) is 8.43. The monoisotopic (exact) mass is 264 g/mol. The fourth-order valence-electron chi connectivity index (χ4n) is 2.49. The van der Waals surface area contributed by atoms with Gasteiger partial charge in [0.1, 0.15) is 4.99 Å². The highest BCUT2D eigenvalue weighted by Crippen LogP contribution is 2.32. The highest BCUT2D eigenvalue weighted by Gasteiger charge is 2.32. The molecule has 1 heterocycles. The van der Waals surface area contributed by atoms with E-state index in [-0.39, 0.29) is 5.54 Å². The first-order valence-electron chi connectivity index (χ1n) is 6.18. The molecule has 2 rings (SSSR count). The number of benzene rings is 1. The molecule has 0 radical (unpaired) electrons. The zero-order valence-corrected chi connectivity index (χ0v) is 12.0. The van der Waals surface area contributed by atoms with E-state index in [1.165, 1.54) is 5.56 Å². The molecule has 1 aliphatic rings. The van der Waals surface area contributed by atoms with Crippen LogP contribution in [0, 0.1) is 6.92 Å². The maximum Gasteiger partial charge on any atom is 0.106 e. The van der Waals surface area contributed by atoms with E-state index in [0.29, 0.717) is 4.99 Å². The van der Waals surface area contributed by atoms with Crippen LogP contribution in [0.15, 0.2) is 18.2 Å². The van der Waals surface area contributed by atoms with E-state index < -0.39 is 0 Å². The highest BCUT2D eigenvalue weighted by atomic mass is 32.1.